The molecule has 4 heteroatoms. The van der Waals surface area contributed by atoms with Crippen molar-refractivity contribution in [3.05, 3.63) is 35.4 Å². The third-order valence-corrected chi connectivity index (χ3v) is 2.63. The summed E-state index contributed by atoms with van der Waals surface area (Å²) >= 11 is 0. The maximum Gasteiger partial charge on any atom is 0.164 e. The molecule has 1 N–H and O–H groups in total. The van der Waals surface area contributed by atoms with Crippen molar-refractivity contribution in [3.63, 3.8) is 0 Å². The third kappa shape index (κ3) is 3.23. The van der Waals surface area contributed by atoms with Crippen LogP contribution in [0.5, 0.6) is 0 Å². The van der Waals surface area contributed by atoms with Crippen molar-refractivity contribution in [2.24, 2.45) is 5.92 Å². The van der Waals surface area contributed by atoms with Crippen LogP contribution in [-0.4, -0.2) is 17.8 Å². The van der Waals surface area contributed by atoms with Crippen LogP contribution < -0.4 is 0 Å². The largest absolute Gasteiger partial charge is 0.386 e. The Morgan fingerprint density at radius 1 is 1.29 bits per heavy atom. The summed E-state index contributed by atoms with van der Waals surface area (Å²) in [5.41, 5.74) is -0.0582. The van der Waals surface area contributed by atoms with Crippen LogP contribution in [0.25, 0.3) is 0 Å². The molecular formula is C13H18F2O2. The molecule has 0 amide bonds. The summed E-state index contributed by atoms with van der Waals surface area (Å²) in [6.45, 7) is 5.93. The fraction of sp³-hybridized carbons (Fsp3) is 0.538. The topological polar surface area (TPSA) is 29.5 Å². The molecule has 2 unspecified atom stereocenters. The number of aliphatic hydroxyl groups excluding tert-OH is 1. The van der Waals surface area contributed by atoms with E-state index in [-0.39, 0.29) is 11.5 Å². The Balaban J connectivity index is 3.00. The summed E-state index contributed by atoms with van der Waals surface area (Å²) in [7, 11) is 0. The van der Waals surface area contributed by atoms with Gasteiger partial charge in [0.1, 0.15) is 6.10 Å². The fourth-order valence-electron chi connectivity index (χ4n) is 1.77. The van der Waals surface area contributed by atoms with E-state index < -0.39 is 23.8 Å². The monoisotopic (exact) mass is 244 g/mol. The van der Waals surface area contributed by atoms with E-state index in [9.17, 15) is 13.9 Å². The minimum Gasteiger partial charge on any atom is -0.386 e. The first-order valence-electron chi connectivity index (χ1n) is 5.72. The summed E-state index contributed by atoms with van der Waals surface area (Å²) in [5.74, 6) is -1.96. The number of halogens is 2. The van der Waals surface area contributed by atoms with Gasteiger partial charge in [-0.25, -0.2) is 8.78 Å². The van der Waals surface area contributed by atoms with E-state index in [1.807, 2.05) is 13.8 Å². The van der Waals surface area contributed by atoms with Crippen molar-refractivity contribution < 1.29 is 18.6 Å². The summed E-state index contributed by atoms with van der Waals surface area (Å²) < 4.78 is 32.0. The van der Waals surface area contributed by atoms with E-state index in [2.05, 4.69) is 0 Å². The zero-order valence-corrected chi connectivity index (χ0v) is 10.3. The van der Waals surface area contributed by atoms with E-state index in [1.165, 1.54) is 12.1 Å². The number of hydrogen-bond acceptors (Lipinski definition) is 2. The molecule has 0 aliphatic rings. The predicted molar refractivity (Wildman–Crippen MR) is 61.6 cm³/mol. The van der Waals surface area contributed by atoms with Crippen LogP contribution in [0, 0.1) is 17.6 Å². The van der Waals surface area contributed by atoms with Gasteiger partial charge in [-0.1, -0.05) is 26.0 Å². The zero-order valence-electron chi connectivity index (χ0n) is 10.3. The Kier molecular flexibility index (Phi) is 5.02. The Morgan fingerprint density at radius 3 is 2.47 bits per heavy atom. The Bertz CT molecular complexity index is 366. The molecule has 0 aliphatic carbocycles. The van der Waals surface area contributed by atoms with Gasteiger partial charge in [0.2, 0.25) is 0 Å². The van der Waals surface area contributed by atoms with Crippen molar-refractivity contribution >= 4 is 0 Å². The molecular weight excluding hydrogens is 226 g/mol. The quantitative estimate of drug-likeness (QED) is 0.862. The smallest absolute Gasteiger partial charge is 0.164 e. The minimum absolute atomic E-state index is 0.00705. The van der Waals surface area contributed by atoms with E-state index in [4.69, 9.17) is 4.74 Å². The van der Waals surface area contributed by atoms with Gasteiger partial charge in [0, 0.05) is 12.2 Å². The lowest BCUT2D eigenvalue weighted by atomic mass is 9.95. The van der Waals surface area contributed by atoms with Gasteiger partial charge in [-0.2, -0.15) is 0 Å². The molecule has 0 heterocycles. The molecule has 1 rings (SSSR count). The van der Waals surface area contributed by atoms with Gasteiger partial charge in [-0.3, -0.25) is 0 Å². The Labute approximate surface area is 100 Å². The first-order chi connectivity index (χ1) is 7.99. The molecule has 1 aromatic rings. The fourth-order valence-corrected chi connectivity index (χ4v) is 1.77. The highest BCUT2D eigenvalue weighted by molar-refractivity contribution is 5.22. The normalized spacial score (nSPS) is 15.0. The van der Waals surface area contributed by atoms with E-state index >= 15 is 0 Å². The van der Waals surface area contributed by atoms with Gasteiger partial charge in [0.05, 0.1) is 6.10 Å². The first-order valence-corrected chi connectivity index (χ1v) is 5.72. The SMILES string of the molecule is CCOC(C(C)C)C(O)c1cccc(F)c1F. The standard InChI is InChI=1S/C13H18F2O2/c1-4-17-13(8(2)3)12(16)9-6-5-7-10(14)11(9)15/h5-8,12-13,16H,4H2,1-3H3. The summed E-state index contributed by atoms with van der Waals surface area (Å²) in [6.07, 6.45) is -1.71. The Hall–Kier alpha value is -1.00. The van der Waals surface area contributed by atoms with Crippen LogP contribution in [0.3, 0.4) is 0 Å². The molecule has 0 radical (unpaired) electrons. The van der Waals surface area contributed by atoms with E-state index in [0.717, 1.165) is 6.07 Å². The molecule has 0 saturated heterocycles. The average molecular weight is 244 g/mol. The van der Waals surface area contributed by atoms with Crippen LogP contribution in [0.4, 0.5) is 8.78 Å². The van der Waals surface area contributed by atoms with Crippen LogP contribution in [0.2, 0.25) is 0 Å². The molecule has 0 fully saturated rings. The zero-order chi connectivity index (χ0) is 13.0. The second kappa shape index (κ2) is 6.07. The number of aliphatic hydroxyl groups is 1. The maximum atomic E-state index is 13.5. The van der Waals surface area contributed by atoms with Gasteiger partial charge < -0.3 is 9.84 Å². The molecule has 0 bridgehead atoms. The van der Waals surface area contributed by atoms with E-state index in [1.54, 1.807) is 6.92 Å². The molecule has 1 aromatic carbocycles. The highest BCUT2D eigenvalue weighted by Gasteiger charge is 2.27. The van der Waals surface area contributed by atoms with Crippen LogP contribution in [-0.2, 0) is 4.74 Å². The molecule has 96 valence electrons. The predicted octanol–water partition coefficient (Wildman–Crippen LogP) is 3.06. The second-order valence-electron chi connectivity index (χ2n) is 4.25. The van der Waals surface area contributed by atoms with Crippen LogP contribution >= 0.6 is 0 Å². The molecule has 0 aliphatic heterocycles. The lowest BCUT2D eigenvalue weighted by Crippen LogP contribution is -2.28. The molecule has 0 aromatic heterocycles. The Morgan fingerprint density at radius 2 is 1.94 bits per heavy atom. The molecule has 2 atom stereocenters. The minimum atomic E-state index is -1.16. The lowest BCUT2D eigenvalue weighted by Gasteiger charge is -2.26. The van der Waals surface area contributed by atoms with Crippen molar-refractivity contribution in [1.29, 1.82) is 0 Å². The van der Waals surface area contributed by atoms with Crippen molar-refractivity contribution in [3.8, 4) is 0 Å². The number of benzene rings is 1. The second-order valence-corrected chi connectivity index (χ2v) is 4.25. The highest BCUT2D eigenvalue weighted by atomic mass is 19.2. The van der Waals surface area contributed by atoms with E-state index in [0.29, 0.717) is 6.61 Å². The van der Waals surface area contributed by atoms with Crippen LogP contribution in [0.1, 0.15) is 32.4 Å². The lowest BCUT2D eigenvalue weighted by molar-refractivity contribution is -0.0599. The average Bonchev–Trinajstić information content (AvgIpc) is 2.28. The number of hydrogen-bond donors (Lipinski definition) is 1. The van der Waals surface area contributed by atoms with Gasteiger partial charge >= 0.3 is 0 Å². The van der Waals surface area contributed by atoms with Gasteiger partial charge in [-0.15, -0.1) is 0 Å². The first kappa shape index (κ1) is 14.1. The number of ether oxygens (including phenoxy) is 1. The number of rotatable bonds is 5. The summed E-state index contributed by atoms with van der Waals surface area (Å²) in [6, 6.07) is 3.77. The maximum absolute atomic E-state index is 13.5. The van der Waals surface area contributed by atoms with Crippen molar-refractivity contribution in [2.75, 3.05) is 6.61 Å². The van der Waals surface area contributed by atoms with Gasteiger partial charge in [0.15, 0.2) is 11.6 Å². The molecule has 2 nitrogen and oxygen atoms in total. The molecule has 17 heavy (non-hydrogen) atoms. The van der Waals surface area contributed by atoms with Gasteiger partial charge in [-0.05, 0) is 18.9 Å². The highest BCUT2D eigenvalue weighted by Crippen LogP contribution is 2.27. The summed E-state index contributed by atoms with van der Waals surface area (Å²) in [5, 5.41) is 10.1. The molecule has 0 spiro atoms. The summed E-state index contributed by atoms with van der Waals surface area (Å²) in [4.78, 5) is 0. The third-order valence-electron chi connectivity index (χ3n) is 2.63. The van der Waals surface area contributed by atoms with Gasteiger partial charge in [0.25, 0.3) is 0 Å². The van der Waals surface area contributed by atoms with Crippen molar-refractivity contribution in [1.82, 2.24) is 0 Å². The van der Waals surface area contributed by atoms with Crippen molar-refractivity contribution in [2.45, 2.75) is 33.0 Å². The molecule has 0 saturated carbocycles. The van der Waals surface area contributed by atoms with Crippen LogP contribution in [0.15, 0.2) is 18.2 Å².